The van der Waals surface area contributed by atoms with Crippen molar-refractivity contribution in [1.82, 2.24) is 4.90 Å². The van der Waals surface area contributed by atoms with Gasteiger partial charge in [-0.05, 0) is 30.7 Å². The van der Waals surface area contributed by atoms with Crippen molar-refractivity contribution in [3.8, 4) is 11.1 Å². The minimum Gasteiger partial charge on any atom is -0.480 e. The Morgan fingerprint density at radius 1 is 1.05 bits per heavy atom. The van der Waals surface area contributed by atoms with Crippen molar-refractivity contribution < 1.29 is 9.90 Å². The quantitative estimate of drug-likeness (QED) is 0.912. The number of nitrogens with zero attached hydrogens (tertiary/aromatic N) is 1. The van der Waals surface area contributed by atoms with Gasteiger partial charge in [0.1, 0.15) is 0 Å². The van der Waals surface area contributed by atoms with Crippen LogP contribution in [0, 0.1) is 0 Å². The molecule has 1 N–H and O–H groups in total. The largest absolute Gasteiger partial charge is 0.480 e. The first-order valence-electron chi connectivity index (χ1n) is 6.65. The van der Waals surface area contributed by atoms with E-state index in [1.54, 1.807) is 0 Å². The summed E-state index contributed by atoms with van der Waals surface area (Å²) in [6.45, 7) is 2.06. The van der Waals surface area contributed by atoms with Gasteiger partial charge in [-0.1, -0.05) is 54.6 Å². The number of halogens is 1. The van der Waals surface area contributed by atoms with Gasteiger partial charge in [0.05, 0.1) is 6.54 Å². The van der Waals surface area contributed by atoms with Crippen molar-refractivity contribution in [1.29, 1.82) is 0 Å². The van der Waals surface area contributed by atoms with Crippen molar-refractivity contribution in [3.05, 3.63) is 60.2 Å². The zero-order valence-electron chi connectivity index (χ0n) is 12.2. The molecule has 2 rings (SSSR count). The van der Waals surface area contributed by atoms with Gasteiger partial charge < -0.3 is 5.11 Å². The molecular weight excluding hydrogens is 286 g/mol. The van der Waals surface area contributed by atoms with Crippen molar-refractivity contribution >= 4 is 18.4 Å². The maximum absolute atomic E-state index is 10.7. The molecule has 0 aliphatic rings. The second-order valence-corrected chi connectivity index (χ2v) is 4.97. The number of carboxylic acid groups (broad SMARTS) is 1. The Kier molecular flexibility index (Phi) is 6.40. The summed E-state index contributed by atoms with van der Waals surface area (Å²) < 4.78 is 0. The fraction of sp³-hybridized carbons (Fsp3) is 0.235. The van der Waals surface area contributed by atoms with Crippen molar-refractivity contribution in [2.45, 2.75) is 13.0 Å². The van der Waals surface area contributed by atoms with Crippen molar-refractivity contribution in [2.75, 3.05) is 13.6 Å². The second-order valence-electron chi connectivity index (χ2n) is 4.97. The van der Waals surface area contributed by atoms with E-state index in [0.29, 0.717) is 0 Å². The molecule has 0 spiro atoms. The topological polar surface area (TPSA) is 40.5 Å². The molecule has 0 heterocycles. The highest BCUT2D eigenvalue weighted by Crippen LogP contribution is 2.23. The predicted octanol–water partition coefficient (Wildman–Crippen LogP) is 3.85. The third-order valence-electron chi connectivity index (χ3n) is 3.55. The highest BCUT2D eigenvalue weighted by Gasteiger charge is 2.14. The summed E-state index contributed by atoms with van der Waals surface area (Å²) in [4.78, 5) is 12.6. The molecule has 2 aromatic rings. The Hall–Kier alpha value is -1.84. The molecule has 0 radical (unpaired) electrons. The van der Waals surface area contributed by atoms with Gasteiger partial charge in [0.25, 0.3) is 0 Å². The van der Waals surface area contributed by atoms with E-state index in [4.69, 9.17) is 5.11 Å². The van der Waals surface area contributed by atoms with Gasteiger partial charge in [0.2, 0.25) is 0 Å². The van der Waals surface area contributed by atoms with Crippen molar-refractivity contribution in [3.63, 3.8) is 0 Å². The van der Waals surface area contributed by atoms with Crippen LogP contribution in [0.15, 0.2) is 54.6 Å². The van der Waals surface area contributed by atoms with Crippen LogP contribution in [0.1, 0.15) is 18.5 Å². The number of hydrogen-bond acceptors (Lipinski definition) is 2. The number of rotatable bonds is 5. The summed E-state index contributed by atoms with van der Waals surface area (Å²) >= 11 is 0. The van der Waals surface area contributed by atoms with Gasteiger partial charge in [0.15, 0.2) is 0 Å². The third-order valence-corrected chi connectivity index (χ3v) is 3.55. The zero-order chi connectivity index (χ0) is 14.5. The van der Waals surface area contributed by atoms with Gasteiger partial charge >= 0.3 is 5.97 Å². The maximum atomic E-state index is 10.7. The molecule has 1 unspecified atom stereocenters. The monoisotopic (exact) mass is 305 g/mol. The van der Waals surface area contributed by atoms with E-state index in [1.807, 2.05) is 37.1 Å². The average Bonchev–Trinajstić information content (AvgIpc) is 2.47. The lowest BCUT2D eigenvalue weighted by atomic mass is 10.0. The molecular formula is C17H20ClNO2. The van der Waals surface area contributed by atoms with Crippen LogP contribution < -0.4 is 0 Å². The highest BCUT2D eigenvalue weighted by molar-refractivity contribution is 5.85. The smallest absolute Gasteiger partial charge is 0.317 e. The lowest BCUT2D eigenvalue weighted by Crippen LogP contribution is -2.28. The van der Waals surface area contributed by atoms with Crippen molar-refractivity contribution in [2.24, 2.45) is 0 Å². The van der Waals surface area contributed by atoms with Gasteiger partial charge in [-0.15, -0.1) is 12.4 Å². The van der Waals surface area contributed by atoms with E-state index < -0.39 is 5.97 Å². The predicted molar refractivity (Wildman–Crippen MR) is 87.8 cm³/mol. The zero-order valence-corrected chi connectivity index (χ0v) is 13.0. The summed E-state index contributed by atoms with van der Waals surface area (Å²) in [5.41, 5.74) is 3.47. The summed E-state index contributed by atoms with van der Waals surface area (Å²) in [5.74, 6) is -0.805. The molecule has 1 atom stereocenters. The molecule has 4 heteroatoms. The average molecular weight is 306 g/mol. The molecule has 0 aliphatic carbocycles. The molecule has 0 saturated heterocycles. The number of carboxylic acids is 1. The van der Waals surface area contributed by atoms with E-state index in [0.717, 1.165) is 5.56 Å². The Bertz CT molecular complexity index is 569. The summed E-state index contributed by atoms with van der Waals surface area (Å²) in [6, 6.07) is 18.6. The summed E-state index contributed by atoms with van der Waals surface area (Å²) in [5, 5.41) is 8.83. The van der Waals surface area contributed by atoms with Gasteiger partial charge in [-0.25, -0.2) is 0 Å². The molecule has 0 aromatic heterocycles. The van der Waals surface area contributed by atoms with Gasteiger partial charge in [0, 0.05) is 6.04 Å². The fourth-order valence-electron chi connectivity index (χ4n) is 2.19. The molecule has 0 saturated carbocycles. The van der Waals surface area contributed by atoms with Crippen LogP contribution in [0.3, 0.4) is 0 Å². The number of benzene rings is 2. The molecule has 0 amide bonds. The van der Waals surface area contributed by atoms with Gasteiger partial charge in [-0.2, -0.15) is 0 Å². The van der Waals surface area contributed by atoms with Gasteiger partial charge in [-0.3, -0.25) is 9.69 Å². The normalized spacial score (nSPS) is 11.8. The van der Waals surface area contributed by atoms with E-state index in [1.165, 1.54) is 11.1 Å². The second kappa shape index (κ2) is 7.81. The van der Waals surface area contributed by atoms with Crippen LogP contribution in [-0.4, -0.2) is 29.6 Å². The molecule has 0 fully saturated rings. The van der Waals surface area contributed by atoms with Crippen LogP contribution in [0.2, 0.25) is 0 Å². The van der Waals surface area contributed by atoms with Crippen LogP contribution in [0.25, 0.3) is 11.1 Å². The SMILES string of the molecule is CC(c1ccc(-c2ccccc2)cc1)N(C)CC(=O)O.Cl. The Labute approximate surface area is 131 Å². The standard InChI is InChI=1S/C17H19NO2.ClH/c1-13(18(2)12-17(19)20)14-8-10-16(11-9-14)15-6-4-3-5-7-15;/h3-11,13H,12H2,1-2H3,(H,19,20);1H. The fourth-order valence-corrected chi connectivity index (χ4v) is 2.19. The van der Waals surface area contributed by atoms with Crippen LogP contribution in [0.5, 0.6) is 0 Å². The third kappa shape index (κ3) is 4.59. The maximum Gasteiger partial charge on any atom is 0.317 e. The van der Waals surface area contributed by atoms with E-state index in [2.05, 4.69) is 36.4 Å². The Morgan fingerprint density at radius 2 is 1.57 bits per heavy atom. The minimum absolute atomic E-state index is 0. The first kappa shape index (κ1) is 17.2. The lowest BCUT2D eigenvalue weighted by molar-refractivity contribution is -0.138. The summed E-state index contributed by atoms with van der Waals surface area (Å²) in [6.07, 6.45) is 0. The lowest BCUT2D eigenvalue weighted by Gasteiger charge is -2.23. The van der Waals surface area contributed by atoms with E-state index in [-0.39, 0.29) is 25.0 Å². The molecule has 3 nitrogen and oxygen atoms in total. The van der Waals surface area contributed by atoms with E-state index in [9.17, 15) is 4.79 Å². The number of carbonyl (C=O) groups is 1. The molecule has 0 aliphatic heterocycles. The molecule has 0 bridgehead atoms. The molecule has 21 heavy (non-hydrogen) atoms. The van der Waals surface area contributed by atoms with E-state index >= 15 is 0 Å². The number of aliphatic carboxylic acids is 1. The number of likely N-dealkylation sites (N-methyl/N-ethyl adjacent to an activating group) is 1. The molecule has 112 valence electrons. The summed E-state index contributed by atoms with van der Waals surface area (Å²) in [7, 11) is 1.82. The van der Waals surface area contributed by atoms with Crippen LogP contribution in [-0.2, 0) is 4.79 Å². The van der Waals surface area contributed by atoms with Crippen LogP contribution in [0.4, 0.5) is 0 Å². The Morgan fingerprint density at radius 3 is 2.10 bits per heavy atom. The highest BCUT2D eigenvalue weighted by atomic mass is 35.5. The van der Waals surface area contributed by atoms with Crippen LogP contribution >= 0.6 is 12.4 Å². The minimum atomic E-state index is -0.805. The first-order chi connectivity index (χ1) is 9.58. The first-order valence-corrected chi connectivity index (χ1v) is 6.65. The Balaban J connectivity index is 0.00000220. The number of hydrogen-bond donors (Lipinski definition) is 1. The molecule has 2 aromatic carbocycles.